The lowest BCUT2D eigenvalue weighted by Crippen LogP contribution is -2.47. The molecule has 0 aromatic carbocycles. The first kappa shape index (κ1) is 18.2. The highest BCUT2D eigenvalue weighted by Gasteiger charge is 2.30. The Kier molecular flexibility index (Phi) is 6.05. The van der Waals surface area contributed by atoms with E-state index in [0.29, 0.717) is 39.1 Å². The van der Waals surface area contributed by atoms with E-state index in [2.05, 4.69) is 11.9 Å². The standard InChI is InChI=1S/C15H27N3O4S/c1-11(2)14-13(5-8-22-14)9-17-15(19)18-6-3-12(4-7-18)10-23(16,20)21/h12-14H,1,3-10H2,2H3,(H,17,19)(H2,16,20,21). The minimum atomic E-state index is -3.44. The number of urea groups is 1. The second-order valence-corrected chi connectivity index (χ2v) is 8.29. The first-order valence-corrected chi connectivity index (χ1v) is 9.78. The summed E-state index contributed by atoms with van der Waals surface area (Å²) in [5.41, 5.74) is 0.991. The maximum atomic E-state index is 12.2. The van der Waals surface area contributed by atoms with Crippen LogP contribution >= 0.6 is 0 Å². The minimum absolute atomic E-state index is 0.00215. The fourth-order valence-corrected chi connectivity index (χ4v) is 4.34. The zero-order valence-electron chi connectivity index (χ0n) is 13.7. The first-order chi connectivity index (χ1) is 10.8. The van der Waals surface area contributed by atoms with Gasteiger partial charge in [-0.1, -0.05) is 12.2 Å². The van der Waals surface area contributed by atoms with Crippen LogP contribution in [0.3, 0.4) is 0 Å². The number of nitrogens with two attached hydrogens (primary N) is 1. The number of piperidine rings is 1. The molecule has 0 radical (unpaired) electrons. The predicted octanol–water partition coefficient (Wildman–Crippen LogP) is 0.678. The van der Waals surface area contributed by atoms with E-state index >= 15 is 0 Å². The molecule has 23 heavy (non-hydrogen) atoms. The maximum absolute atomic E-state index is 12.2. The van der Waals surface area contributed by atoms with Gasteiger partial charge in [0.2, 0.25) is 10.0 Å². The molecule has 2 rings (SSSR count). The van der Waals surface area contributed by atoms with Crippen LogP contribution in [0.15, 0.2) is 12.2 Å². The van der Waals surface area contributed by atoms with E-state index in [9.17, 15) is 13.2 Å². The molecule has 8 heteroatoms. The van der Waals surface area contributed by atoms with Crippen molar-refractivity contribution in [1.82, 2.24) is 10.2 Å². The van der Waals surface area contributed by atoms with Gasteiger partial charge >= 0.3 is 6.03 Å². The number of sulfonamides is 1. The molecule has 2 amide bonds. The van der Waals surface area contributed by atoms with Crippen LogP contribution in [-0.2, 0) is 14.8 Å². The number of nitrogens with zero attached hydrogens (tertiary/aromatic N) is 1. The lowest BCUT2D eigenvalue weighted by Gasteiger charge is -2.32. The molecule has 3 N–H and O–H groups in total. The van der Waals surface area contributed by atoms with Crippen molar-refractivity contribution in [3.05, 3.63) is 12.2 Å². The zero-order chi connectivity index (χ0) is 17.0. The summed E-state index contributed by atoms with van der Waals surface area (Å²) in [6, 6.07) is -0.0913. The van der Waals surface area contributed by atoms with Crippen LogP contribution in [-0.4, -0.2) is 57.4 Å². The highest BCUT2D eigenvalue weighted by molar-refractivity contribution is 7.89. The molecule has 2 aliphatic heterocycles. The molecule has 7 nitrogen and oxygen atoms in total. The van der Waals surface area contributed by atoms with Crippen molar-refractivity contribution in [3.63, 3.8) is 0 Å². The molecule has 2 fully saturated rings. The Hall–Kier alpha value is -1.12. The van der Waals surface area contributed by atoms with Crippen molar-refractivity contribution in [1.29, 1.82) is 0 Å². The van der Waals surface area contributed by atoms with Crippen molar-refractivity contribution < 1.29 is 17.9 Å². The molecule has 2 saturated heterocycles. The average molecular weight is 345 g/mol. The van der Waals surface area contributed by atoms with Crippen molar-refractivity contribution in [2.75, 3.05) is 32.0 Å². The van der Waals surface area contributed by atoms with Crippen LogP contribution in [0.1, 0.15) is 26.2 Å². The molecule has 2 heterocycles. The number of carbonyl (C=O) groups excluding carboxylic acids is 1. The molecule has 132 valence electrons. The van der Waals surface area contributed by atoms with Gasteiger partial charge in [0.05, 0.1) is 11.9 Å². The smallest absolute Gasteiger partial charge is 0.317 e. The van der Waals surface area contributed by atoms with E-state index in [1.807, 2.05) is 6.92 Å². The molecule has 2 unspecified atom stereocenters. The summed E-state index contributed by atoms with van der Waals surface area (Å²) in [6.07, 6.45) is 2.29. The first-order valence-electron chi connectivity index (χ1n) is 8.06. The number of carbonyl (C=O) groups is 1. The van der Waals surface area contributed by atoms with E-state index in [0.717, 1.165) is 12.0 Å². The van der Waals surface area contributed by atoms with Gasteiger partial charge in [-0.25, -0.2) is 18.4 Å². The fourth-order valence-electron chi connectivity index (χ4n) is 3.35. The van der Waals surface area contributed by atoms with Crippen molar-refractivity contribution in [2.45, 2.75) is 32.3 Å². The summed E-state index contributed by atoms with van der Waals surface area (Å²) in [5.74, 6) is 0.323. The number of likely N-dealkylation sites (tertiary alicyclic amines) is 1. The zero-order valence-corrected chi connectivity index (χ0v) is 14.5. The van der Waals surface area contributed by atoms with Gasteiger partial charge in [-0.05, 0) is 32.1 Å². The van der Waals surface area contributed by atoms with Crippen LogP contribution in [0.5, 0.6) is 0 Å². The number of amides is 2. The monoisotopic (exact) mass is 345 g/mol. The molecular weight excluding hydrogens is 318 g/mol. The summed E-state index contributed by atoms with van der Waals surface area (Å²) in [6.45, 7) is 8.30. The third-order valence-corrected chi connectivity index (χ3v) is 5.52. The highest BCUT2D eigenvalue weighted by Crippen LogP contribution is 2.25. The van der Waals surface area contributed by atoms with Crippen LogP contribution in [0.25, 0.3) is 0 Å². The predicted molar refractivity (Wildman–Crippen MR) is 88.3 cm³/mol. The maximum Gasteiger partial charge on any atom is 0.317 e. The van der Waals surface area contributed by atoms with Gasteiger partial charge < -0.3 is 15.0 Å². The average Bonchev–Trinajstić information content (AvgIpc) is 2.92. The molecular formula is C15H27N3O4S. The lowest BCUT2D eigenvalue weighted by atomic mass is 9.97. The second kappa shape index (κ2) is 7.63. The Morgan fingerprint density at radius 2 is 2.00 bits per heavy atom. The molecule has 0 aromatic heterocycles. The molecule has 0 saturated carbocycles. The van der Waals surface area contributed by atoms with Gasteiger partial charge in [0.15, 0.2) is 0 Å². The number of ether oxygens (including phenoxy) is 1. The molecule has 0 spiro atoms. The van der Waals surface area contributed by atoms with Gasteiger partial charge in [-0.3, -0.25) is 0 Å². The SMILES string of the molecule is C=C(C)C1OCCC1CNC(=O)N1CCC(CS(N)(=O)=O)CC1. The van der Waals surface area contributed by atoms with Gasteiger partial charge in [0.25, 0.3) is 0 Å². The number of rotatable bonds is 5. The van der Waals surface area contributed by atoms with Crippen molar-refractivity contribution in [2.24, 2.45) is 17.0 Å². The Balaban J connectivity index is 1.74. The van der Waals surface area contributed by atoms with E-state index < -0.39 is 10.0 Å². The van der Waals surface area contributed by atoms with Gasteiger partial charge in [-0.15, -0.1) is 0 Å². The summed E-state index contributed by atoms with van der Waals surface area (Å²) in [7, 11) is -3.44. The van der Waals surface area contributed by atoms with Gasteiger partial charge in [-0.2, -0.15) is 0 Å². The molecule has 0 bridgehead atoms. The Morgan fingerprint density at radius 3 is 2.57 bits per heavy atom. The topological polar surface area (TPSA) is 102 Å². The summed E-state index contributed by atoms with van der Waals surface area (Å²) >= 11 is 0. The molecule has 0 aliphatic carbocycles. The summed E-state index contributed by atoms with van der Waals surface area (Å²) in [5, 5.41) is 8.04. The molecule has 2 aliphatic rings. The van der Waals surface area contributed by atoms with Crippen molar-refractivity contribution >= 4 is 16.1 Å². The largest absolute Gasteiger partial charge is 0.374 e. The van der Waals surface area contributed by atoms with Crippen LogP contribution in [0.4, 0.5) is 4.79 Å². The van der Waals surface area contributed by atoms with Crippen LogP contribution in [0.2, 0.25) is 0 Å². The molecule has 2 atom stereocenters. The summed E-state index contributed by atoms with van der Waals surface area (Å²) in [4.78, 5) is 14.0. The highest BCUT2D eigenvalue weighted by atomic mass is 32.2. The van der Waals surface area contributed by atoms with E-state index in [4.69, 9.17) is 9.88 Å². The van der Waals surface area contributed by atoms with Crippen LogP contribution in [0, 0.1) is 11.8 Å². The summed E-state index contributed by atoms with van der Waals surface area (Å²) < 4.78 is 27.9. The number of primary sulfonamides is 1. The third-order valence-electron chi connectivity index (χ3n) is 4.59. The number of hydrogen-bond acceptors (Lipinski definition) is 4. The van der Waals surface area contributed by atoms with Gasteiger partial charge in [0, 0.05) is 32.2 Å². The number of nitrogens with one attached hydrogen (secondary N) is 1. The third kappa shape index (κ3) is 5.47. The quantitative estimate of drug-likeness (QED) is 0.715. The van der Waals surface area contributed by atoms with Crippen molar-refractivity contribution in [3.8, 4) is 0 Å². The number of hydrogen-bond donors (Lipinski definition) is 2. The van der Waals surface area contributed by atoms with E-state index in [1.165, 1.54) is 0 Å². The minimum Gasteiger partial charge on any atom is -0.374 e. The Labute approximate surface area is 138 Å². The molecule has 0 aromatic rings. The van der Waals surface area contributed by atoms with Crippen LogP contribution < -0.4 is 10.5 Å². The Morgan fingerprint density at radius 1 is 1.35 bits per heavy atom. The fraction of sp³-hybridized carbons (Fsp3) is 0.800. The normalized spacial score (nSPS) is 26.3. The lowest BCUT2D eigenvalue weighted by molar-refractivity contribution is 0.118. The second-order valence-electron chi connectivity index (χ2n) is 6.63. The van der Waals surface area contributed by atoms with E-state index in [1.54, 1.807) is 4.90 Å². The van der Waals surface area contributed by atoms with E-state index in [-0.39, 0.29) is 29.7 Å². The van der Waals surface area contributed by atoms with Gasteiger partial charge in [0.1, 0.15) is 0 Å². The Bertz CT molecular complexity index is 541.